The van der Waals surface area contributed by atoms with Gasteiger partial charge in [-0.1, -0.05) is 12.5 Å². The zero-order valence-corrected chi connectivity index (χ0v) is 10.5. The molecule has 0 spiro atoms. The Hall–Kier alpha value is -1.61. The average Bonchev–Trinajstić information content (AvgIpc) is 2.46. The molecule has 2 aromatic rings. The van der Waals surface area contributed by atoms with E-state index in [9.17, 15) is 0 Å². The van der Waals surface area contributed by atoms with E-state index in [1.807, 2.05) is 12.3 Å². The molecule has 18 heavy (non-hydrogen) atoms. The van der Waals surface area contributed by atoms with E-state index in [2.05, 4.69) is 39.9 Å². The molecule has 1 aromatic carbocycles. The van der Waals surface area contributed by atoms with Gasteiger partial charge < -0.3 is 10.6 Å². The number of anilines is 1. The summed E-state index contributed by atoms with van der Waals surface area (Å²) < 4.78 is 0. The molecule has 1 unspecified atom stereocenters. The Labute approximate surface area is 108 Å². The smallest absolute Gasteiger partial charge is 0.0722 e. The van der Waals surface area contributed by atoms with Crippen molar-refractivity contribution in [2.45, 2.75) is 25.3 Å². The normalized spacial score (nSPS) is 19.9. The highest BCUT2D eigenvalue weighted by Gasteiger charge is 2.12. The van der Waals surface area contributed by atoms with Gasteiger partial charge in [-0.3, -0.25) is 4.98 Å². The Balaban J connectivity index is 1.74. The Bertz CT molecular complexity index is 513. The number of fused-ring (bicyclic) bond motifs is 1. The fraction of sp³-hybridized carbons (Fsp3) is 0.400. The van der Waals surface area contributed by atoms with Crippen LogP contribution < -0.4 is 10.6 Å². The summed E-state index contributed by atoms with van der Waals surface area (Å²) in [5, 5.41) is 8.32. The summed E-state index contributed by atoms with van der Waals surface area (Å²) in [6.45, 7) is 2.15. The van der Waals surface area contributed by atoms with Crippen molar-refractivity contribution < 1.29 is 0 Å². The second-order valence-corrected chi connectivity index (χ2v) is 4.90. The van der Waals surface area contributed by atoms with Gasteiger partial charge in [0.25, 0.3) is 0 Å². The summed E-state index contributed by atoms with van der Waals surface area (Å²) in [7, 11) is 0. The second-order valence-electron chi connectivity index (χ2n) is 4.90. The number of hydrogen-bond acceptors (Lipinski definition) is 3. The molecule has 3 nitrogen and oxygen atoms in total. The number of pyridine rings is 1. The fourth-order valence-corrected chi connectivity index (χ4v) is 2.59. The van der Waals surface area contributed by atoms with E-state index in [1.54, 1.807) is 0 Å². The van der Waals surface area contributed by atoms with Crippen LogP contribution in [0.1, 0.15) is 19.3 Å². The predicted molar refractivity (Wildman–Crippen MR) is 75.9 cm³/mol. The van der Waals surface area contributed by atoms with Crippen LogP contribution in [0, 0.1) is 0 Å². The van der Waals surface area contributed by atoms with Crippen LogP contribution >= 0.6 is 0 Å². The van der Waals surface area contributed by atoms with Crippen molar-refractivity contribution in [3.05, 3.63) is 36.5 Å². The van der Waals surface area contributed by atoms with Crippen molar-refractivity contribution in [2.24, 2.45) is 0 Å². The van der Waals surface area contributed by atoms with E-state index in [-0.39, 0.29) is 0 Å². The first-order chi connectivity index (χ1) is 8.93. The van der Waals surface area contributed by atoms with E-state index in [4.69, 9.17) is 0 Å². The van der Waals surface area contributed by atoms with Crippen LogP contribution in [0.5, 0.6) is 0 Å². The minimum absolute atomic E-state index is 0.602. The maximum atomic E-state index is 4.38. The second kappa shape index (κ2) is 5.36. The SMILES string of the molecule is c1cc(NCC2CCCCN2)c2cccnc2c1. The molecule has 0 amide bonds. The van der Waals surface area contributed by atoms with E-state index < -0.39 is 0 Å². The Morgan fingerprint density at radius 2 is 2.22 bits per heavy atom. The average molecular weight is 241 g/mol. The van der Waals surface area contributed by atoms with Crippen LogP contribution in [0.25, 0.3) is 10.9 Å². The predicted octanol–water partition coefficient (Wildman–Crippen LogP) is 2.79. The first kappa shape index (κ1) is 11.5. The maximum Gasteiger partial charge on any atom is 0.0722 e. The number of hydrogen-bond donors (Lipinski definition) is 2. The van der Waals surface area contributed by atoms with Gasteiger partial charge in [-0.25, -0.2) is 0 Å². The molecule has 0 bridgehead atoms. The van der Waals surface area contributed by atoms with Gasteiger partial charge in [0.2, 0.25) is 0 Å². The quantitative estimate of drug-likeness (QED) is 0.867. The van der Waals surface area contributed by atoms with Gasteiger partial charge in [-0.15, -0.1) is 0 Å². The molecule has 0 aliphatic carbocycles. The molecular formula is C15H19N3. The summed E-state index contributed by atoms with van der Waals surface area (Å²) in [6.07, 6.45) is 5.77. The van der Waals surface area contributed by atoms with Crippen molar-refractivity contribution in [2.75, 3.05) is 18.4 Å². The number of aromatic nitrogens is 1. The number of piperidine rings is 1. The Morgan fingerprint density at radius 1 is 1.22 bits per heavy atom. The van der Waals surface area contributed by atoms with Crippen LogP contribution in [0.3, 0.4) is 0 Å². The lowest BCUT2D eigenvalue weighted by atomic mass is 10.0. The minimum atomic E-state index is 0.602. The molecule has 94 valence electrons. The summed E-state index contributed by atoms with van der Waals surface area (Å²) in [5.74, 6) is 0. The van der Waals surface area contributed by atoms with Crippen LogP contribution in [0.15, 0.2) is 36.5 Å². The zero-order chi connectivity index (χ0) is 12.2. The monoisotopic (exact) mass is 241 g/mol. The zero-order valence-electron chi connectivity index (χ0n) is 10.5. The highest BCUT2D eigenvalue weighted by Crippen LogP contribution is 2.21. The third-order valence-electron chi connectivity index (χ3n) is 3.60. The highest BCUT2D eigenvalue weighted by atomic mass is 15.0. The summed E-state index contributed by atoms with van der Waals surface area (Å²) >= 11 is 0. The number of nitrogens with one attached hydrogen (secondary N) is 2. The fourth-order valence-electron chi connectivity index (χ4n) is 2.59. The van der Waals surface area contributed by atoms with E-state index in [1.165, 1.54) is 30.3 Å². The van der Waals surface area contributed by atoms with Gasteiger partial charge in [0, 0.05) is 29.9 Å². The van der Waals surface area contributed by atoms with E-state index in [0.717, 1.165) is 18.6 Å². The third-order valence-corrected chi connectivity index (χ3v) is 3.60. The first-order valence-corrected chi connectivity index (χ1v) is 6.74. The lowest BCUT2D eigenvalue weighted by Crippen LogP contribution is -2.39. The van der Waals surface area contributed by atoms with Crippen LogP contribution in [-0.4, -0.2) is 24.1 Å². The molecule has 2 N–H and O–H groups in total. The molecule has 1 saturated heterocycles. The molecule has 1 aliphatic heterocycles. The van der Waals surface area contributed by atoms with Crippen molar-refractivity contribution in [1.29, 1.82) is 0 Å². The van der Waals surface area contributed by atoms with Crippen LogP contribution in [0.2, 0.25) is 0 Å². The Kier molecular flexibility index (Phi) is 3.42. The molecule has 0 saturated carbocycles. The number of benzene rings is 1. The standard InChI is InChI=1S/C15H19N3/c1-2-9-16-12(5-1)11-18-15-8-3-7-14-13(15)6-4-10-17-14/h3-4,6-8,10,12,16,18H,1-2,5,9,11H2. The summed E-state index contributed by atoms with van der Waals surface area (Å²) in [5.41, 5.74) is 2.24. The molecule has 3 heteroatoms. The molecule has 1 aliphatic rings. The molecule has 1 fully saturated rings. The molecular weight excluding hydrogens is 222 g/mol. The van der Waals surface area contributed by atoms with E-state index in [0.29, 0.717) is 6.04 Å². The van der Waals surface area contributed by atoms with Gasteiger partial charge in [0.15, 0.2) is 0 Å². The van der Waals surface area contributed by atoms with E-state index >= 15 is 0 Å². The van der Waals surface area contributed by atoms with Crippen molar-refractivity contribution >= 4 is 16.6 Å². The Morgan fingerprint density at radius 3 is 3.11 bits per heavy atom. The van der Waals surface area contributed by atoms with Gasteiger partial charge in [0.1, 0.15) is 0 Å². The van der Waals surface area contributed by atoms with Gasteiger partial charge >= 0.3 is 0 Å². The molecule has 0 radical (unpaired) electrons. The van der Waals surface area contributed by atoms with Crippen molar-refractivity contribution in [3.63, 3.8) is 0 Å². The van der Waals surface area contributed by atoms with Crippen LogP contribution in [0.4, 0.5) is 5.69 Å². The lowest BCUT2D eigenvalue weighted by molar-refractivity contribution is 0.414. The minimum Gasteiger partial charge on any atom is -0.383 e. The molecule has 1 aromatic heterocycles. The van der Waals surface area contributed by atoms with Crippen LogP contribution in [-0.2, 0) is 0 Å². The van der Waals surface area contributed by atoms with Gasteiger partial charge in [0.05, 0.1) is 5.52 Å². The topological polar surface area (TPSA) is 37.0 Å². The highest BCUT2D eigenvalue weighted by molar-refractivity contribution is 5.91. The lowest BCUT2D eigenvalue weighted by Gasteiger charge is -2.24. The maximum absolute atomic E-state index is 4.38. The summed E-state index contributed by atoms with van der Waals surface area (Å²) in [6, 6.07) is 11.0. The van der Waals surface area contributed by atoms with Gasteiger partial charge in [-0.05, 0) is 43.7 Å². The molecule has 1 atom stereocenters. The largest absolute Gasteiger partial charge is 0.383 e. The van der Waals surface area contributed by atoms with Crippen molar-refractivity contribution in [1.82, 2.24) is 10.3 Å². The van der Waals surface area contributed by atoms with Gasteiger partial charge in [-0.2, -0.15) is 0 Å². The number of rotatable bonds is 3. The van der Waals surface area contributed by atoms with Crippen molar-refractivity contribution in [3.8, 4) is 0 Å². The molecule has 3 rings (SSSR count). The molecule has 2 heterocycles. The third kappa shape index (κ3) is 2.46. The number of nitrogens with zero attached hydrogens (tertiary/aromatic N) is 1. The summed E-state index contributed by atoms with van der Waals surface area (Å²) in [4.78, 5) is 4.38. The first-order valence-electron chi connectivity index (χ1n) is 6.74.